The average Bonchev–Trinajstić information content (AvgIpc) is 2.00. The normalized spacial score (nSPS) is 9.92. The van der Waals surface area contributed by atoms with Crippen LogP contribution in [0.4, 0.5) is 11.6 Å². The molecule has 1 rings (SSSR count). The van der Waals surface area contributed by atoms with E-state index in [1.54, 1.807) is 11.9 Å². The van der Waals surface area contributed by atoms with E-state index in [-0.39, 0.29) is 11.2 Å². The third-order valence-corrected chi connectivity index (χ3v) is 1.57. The van der Waals surface area contributed by atoms with Crippen molar-refractivity contribution >= 4 is 11.6 Å². The molecule has 0 bridgehead atoms. The van der Waals surface area contributed by atoms with Gasteiger partial charge in [0.2, 0.25) is 5.95 Å². The Morgan fingerprint density at radius 2 is 2.17 bits per heavy atom. The molecule has 0 atom stereocenters. The van der Waals surface area contributed by atoms with Crippen LogP contribution in [-0.2, 0) is 7.05 Å². The predicted octanol–water partition coefficient (Wildman–Crippen LogP) is -0.571. The first-order chi connectivity index (χ1) is 5.54. The summed E-state index contributed by atoms with van der Waals surface area (Å²) in [5.41, 5.74) is 5.33. The molecule has 66 valence electrons. The third kappa shape index (κ3) is 1.25. The topological polar surface area (TPSA) is 64.2 Å². The van der Waals surface area contributed by atoms with Gasteiger partial charge in [-0.2, -0.15) is 0 Å². The van der Waals surface area contributed by atoms with E-state index in [4.69, 9.17) is 5.73 Å². The molecule has 1 aromatic rings. The van der Waals surface area contributed by atoms with E-state index in [9.17, 15) is 4.79 Å². The Balaban J connectivity index is 3.37. The Morgan fingerprint density at radius 1 is 1.58 bits per heavy atom. The first-order valence-electron chi connectivity index (χ1n) is 3.53. The molecule has 0 saturated carbocycles. The van der Waals surface area contributed by atoms with Crippen molar-refractivity contribution in [2.45, 2.75) is 0 Å². The van der Waals surface area contributed by atoms with Gasteiger partial charge in [0.1, 0.15) is 5.69 Å². The molecule has 5 heteroatoms. The molecule has 0 spiro atoms. The maximum atomic E-state index is 11.3. The molecular weight excluding hydrogens is 156 g/mol. The van der Waals surface area contributed by atoms with Crippen LogP contribution in [0.1, 0.15) is 0 Å². The van der Waals surface area contributed by atoms with Gasteiger partial charge in [0, 0.05) is 21.1 Å². The van der Waals surface area contributed by atoms with Gasteiger partial charge in [0.15, 0.2) is 0 Å². The Morgan fingerprint density at radius 3 is 2.67 bits per heavy atom. The summed E-state index contributed by atoms with van der Waals surface area (Å²) in [7, 11) is 5.27. The van der Waals surface area contributed by atoms with Gasteiger partial charge in [0.05, 0.1) is 6.20 Å². The van der Waals surface area contributed by atoms with Crippen LogP contribution < -0.4 is 16.2 Å². The molecule has 5 nitrogen and oxygen atoms in total. The zero-order valence-corrected chi connectivity index (χ0v) is 7.40. The van der Waals surface area contributed by atoms with Crippen LogP contribution in [0.25, 0.3) is 0 Å². The SMILES string of the molecule is CN(C)c1ncc(N)c(=O)n1C. The second kappa shape index (κ2) is 2.84. The van der Waals surface area contributed by atoms with Crippen molar-refractivity contribution in [2.75, 3.05) is 24.7 Å². The van der Waals surface area contributed by atoms with E-state index in [1.165, 1.54) is 10.8 Å². The number of rotatable bonds is 1. The number of aromatic nitrogens is 2. The summed E-state index contributed by atoms with van der Waals surface area (Å²) >= 11 is 0. The first kappa shape index (κ1) is 8.58. The molecule has 0 unspecified atom stereocenters. The standard InChI is InChI=1S/C7H12N4O/c1-10(2)7-9-4-5(8)6(12)11(7)3/h4H,8H2,1-3H3. The molecule has 1 heterocycles. The molecule has 0 aliphatic rings. The summed E-state index contributed by atoms with van der Waals surface area (Å²) in [6.07, 6.45) is 1.37. The highest BCUT2D eigenvalue weighted by atomic mass is 16.1. The van der Waals surface area contributed by atoms with Gasteiger partial charge in [-0.25, -0.2) is 4.98 Å². The van der Waals surface area contributed by atoms with Crippen molar-refractivity contribution in [1.29, 1.82) is 0 Å². The monoisotopic (exact) mass is 168 g/mol. The van der Waals surface area contributed by atoms with E-state index >= 15 is 0 Å². The Kier molecular flexibility index (Phi) is 2.03. The smallest absolute Gasteiger partial charge is 0.277 e. The third-order valence-electron chi connectivity index (χ3n) is 1.57. The van der Waals surface area contributed by atoms with E-state index in [0.29, 0.717) is 5.95 Å². The summed E-state index contributed by atoms with van der Waals surface area (Å²) in [6.45, 7) is 0. The summed E-state index contributed by atoms with van der Waals surface area (Å²) in [5.74, 6) is 0.592. The van der Waals surface area contributed by atoms with Crippen molar-refractivity contribution in [3.05, 3.63) is 16.6 Å². The number of anilines is 2. The summed E-state index contributed by atoms with van der Waals surface area (Å²) in [4.78, 5) is 17.0. The number of hydrogen-bond donors (Lipinski definition) is 1. The minimum absolute atomic E-state index is 0.170. The lowest BCUT2D eigenvalue weighted by Gasteiger charge is -2.14. The molecule has 0 fully saturated rings. The number of nitrogen functional groups attached to an aromatic ring is 1. The highest BCUT2D eigenvalue weighted by Crippen LogP contribution is 2.02. The van der Waals surface area contributed by atoms with Crippen LogP contribution >= 0.6 is 0 Å². The van der Waals surface area contributed by atoms with Crippen molar-refractivity contribution in [3.8, 4) is 0 Å². The number of nitrogens with zero attached hydrogens (tertiary/aromatic N) is 3. The summed E-state index contributed by atoms with van der Waals surface area (Å²) < 4.78 is 1.41. The Labute approximate surface area is 70.4 Å². The van der Waals surface area contributed by atoms with Crippen LogP contribution in [-0.4, -0.2) is 23.6 Å². The fourth-order valence-corrected chi connectivity index (χ4v) is 0.969. The lowest BCUT2D eigenvalue weighted by molar-refractivity contribution is 0.798. The van der Waals surface area contributed by atoms with Crippen LogP contribution in [0.3, 0.4) is 0 Å². The molecule has 0 aliphatic carbocycles. The molecule has 0 aliphatic heterocycles. The Hall–Kier alpha value is -1.52. The van der Waals surface area contributed by atoms with Gasteiger partial charge in [-0.05, 0) is 0 Å². The van der Waals surface area contributed by atoms with Crippen molar-refractivity contribution in [3.63, 3.8) is 0 Å². The zero-order valence-electron chi connectivity index (χ0n) is 7.40. The molecule has 0 amide bonds. The molecule has 0 radical (unpaired) electrons. The second-order valence-corrected chi connectivity index (χ2v) is 2.77. The molecule has 12 heavy (non-hydrogen) atoms. The van der Waals surface area contributed by atoms with Crippen LogP contribution in [0, 0.1) is 0 Å². The van der Waals surface area contributed by atoms with Crippen LogP contribution in [0.2, 0.25) is 0 Å². The second-order valence-electron chi connectivity index (χ2n) is 2.77. The zero-order chi connectivity index (χ0) is 9.30. The first-order valence-corrected chi connectivity index (χ1v) is 3.53. The molecule has 1 aromatic heterocycles. The van der Waals surface area contributed by atoms with E-state index in [2.05, 4.69) is 4.98 Å². The fourth-order valence-electron chi connectivity index (χ4n) is 0.969. The van der Waals surface area contributed by atoms with E-state index in [1.807, 2.05) is 14.1 Å². The summed E-state index contributed by atoms with van der Waals surface area (Å²) in [6, 6.07) is 0. The minimum atomic E-state index is -0.214. The van der Waals surface area contributed by atoms with Gasteiger partial charge < -0.3 is 10.6 Å². The molecule has 0 aromatic carbocycles. The molecular formula is C7H12N4O. The van der Waals surface area contributed by atoms with Gasteiger partial charge in [0.25, 0.3) is 5.56 Å². The minimum Gasteiger partial charge on any atom is -0.393 e. The number of nitrogens with two attached hydrogens (primary N) is 1. The van der Waals surface area contributed by atoms with E-state index < -0.39 is 0 Å². The van der Waals surface area contributed by atoms with Crippen LogP contribution in [0.5, 0.6) is 0 Å². The lowest BCUT2D eigenvalue weighted by Crippen LogP contribution is -2.27. The van der Waals surface area contributed by atoms with Gasteiger partial charge in [-0.15, -0.1) is 0 Å². The van der Waals surface area contributed by atoms with Gasteiger partial charge in [-0.1, -0.05) is 0 Å². The van der Waals surface area contributed by atoms with Crippen molar-refractivity contribution in [1.82, 2.24) is 9.55 Å². The average molecular weight is 168 g/mol. The highest BCUT2D eigenvalue weighted by molar-refractivity contribution is 5.38. The quantitative estimate of drug-likeness (QED) is 0.610. The Bertz CT molecular complexity index is 342. The number of hydrogen-bond acceptors (Lipinski definition) is 4. The van der Waals surface area contributed by atoms with Crippen LogP contribution in [0.15, 0.2) is 11.0 Å². The predicted molar refractivity (Wildman–Crippen MR) is 48.2 cm³/mol. The molecule has 0 saturated heterocycles. The highest BCUT2D eigenvalue weighted by Gasteiger charge is 2.04. The maximum Gasteiger partial charge on any atom is 0.277 e. The largest absolute Gasteiger partial charge is 0.393 e. The maximum absolute atomic E-state index is 11.3. The van der Waals surface area contributed by atoms with E-state index in [0.717, 1.165) is 0 Å². The van der Waals surface area contributed by atoms with Gasteiger partial charge >= 0.3 is 0 Å². The molecule has 2 N–H and O–H groups in total. The lowest BCUT2D eigenvalue weighted by atomic mass is 10.5. The summed E-state index contributed by atoms with van der Waals surface area (Å²) in [5, 5.41) is 0. The van der Waals surface area contributed by atoms with Gasteiger partial charge in [-0.3, -0.25) is 9.36 Å². The fraction of sp³-hybridized carbons (Fsp3) is 0.429. The van der Waals surface area contributed by atoms with Crippen molar-refractivity contribution < 1.29 is 0 Å². The van der Waals surface area contributed by atoms with Crippen molar-refractivity contribution in [2.24, 2.45) is 7.05 Å².